The zero-order valence-corrected chi connectivity index (χ0v) is 15.3. The van der Waals surface area contributed by atoms with E-state index in [4.69, 9.17) is 16.0 Å². The van der Waals surface area contributed by atoms with Gasteiger partial charge < -0.3 is 9.73 Å². The average molecular weight is 370 g/mol. The van der Waals surface area contributed by atoms with Crippen LogP contribution in [-0.4, -0.2) is 5.91 Å². The molecular weight excluding hydrogens is 350 g/mol. The summed E-state index contributed by atoms with van der Waals surface area (Å²) in [6.45, 7) is 2.10. The minimum absolute atomic E-state index is 0.0347. The van der Waals surface area contributed by atoms with Gasteiger partial charge >= 0.3 is 5.63 Å². The molecule has 1 N–H and O–H groups in total. The molecule has 134 valence electrons. The minimum Gasteiger partial charge on any atom is -0.422 e. The number of unbranched alkanes of at least 4 members (excludes halogenated alkanes) is 2. The summed E-state index contributed by atoms with van der Waals surface area (Å²) >= 11 is 6.37. The molecule has 1 amide bonds. The van der Waals surface area contributed by atoms with Crippen molar-refractivity contribution in [3.63, 3.8) is 0 Å². The van der Waals surface area contributed by atoms with Gasteiger partial charge in [0.2, 0.25) is 5.91 Å². The molecule has 0 fully saturated rings. The molecule has 3 aromatic rings. The highest BCUT2D eigenvalue weighted by Gasteiger charge is 2.12. The van der Waals surface area contributed by atoms with E-state index in [1.54, 1.807) is 30.3 Å². The lowest BCUT2D eigenvalue weighted by molar-refractivity contribution is -0.116. The van der Waals surface area contributed by atoms with Gasteiger partial charge in [0.1, 0.15) is 5.58 Å². The van der Waals surface area contributed by atoms with Gasteiger partial charge in [0.25, 0.3) is 0 Å². The standard InChI is InChI=1S/C21H20ClNO3/c1-2-3-4-9-20(24)23-15-10-11-16(18(22)13-15)17-12-14-7-5-6-8-19(14)26-21(17)25/h5-8,10-13H,2-4,9H2,1H3,(H,23,24). The van der Waals surface area contributed by atoms with Crippen LogP contribution < -0.4 is 10.9 Å². The summed E-state index contributed by atoms with van der Waals surface area (Å²) < 4.78 is 5.37. The van der Waals surface area contributed by atoms with Crippen molar-refractivity contribution in [3.05, 3.63) is 64.0 Å². The summed E-state index contributed by atoms with van der Waals surface area (Å²) in [6.07, 6.45) is 3.46. The number of hydrogen-bond acceptors (Lipinski definition) is 3. The van der Waals surface area contributed by atoms with E-state index in [9.17, 15) is 9.59 Å². The largest absolute Gasteiger partial charge is 0.422 e. The summed E-state index contributed by atoms with van der Waals surface area (Å²) in [4.78, 5) is 24.2. The Morgan fingerprint density at radius 2 is 1.88 bits per heavy atom. The molecule has 0 aliphatic heterocycles. The first kappa shape index (κ1) is 18.2. The molecule has 0 spiro atoms. The molecule has 0 aliphatic rings. The molecule has 0 bridgehead atoms. The van der Waals surface area contributed by atoms with Crippen LogP contribution in [0.1, 0.15) is 32.6 Å². The maximum atomic E-state index is 12.3. The number of benzene rings is 2. The van der Waals surface area contributed by atoms with E-state index >= 15 is 0 Å². The predicted octanol–water partition coefficient (Wildman–Crippen LogP) is 5.63. The Morgan fingerprint density at radius 1 is 1.08 bits per heavy atom. The number of hydrogen-bond donors (Lipinski definition) is 1. The zero-order chi connectivity index (χ0) is 18.5. The van der Waals surface area contributed by atoms with Gasteiger partial charge in [0.05, 0.1) is 10.6 Å². The van der Waals surface area contributed by atoms with Gasteiger partial charge in [0, 0.05) is 23.1 Å². The van der Waals surface area contributed by atoms with Crippen LogP contribution in [0.2, 0.25) is 5.02 Å². The third kappa shape index (κ3) is 4.14. The normalized spacial score (nSPS) is 10.8. The lowest BCUT2D eigenvalue weighted by Crippen LogP contribution is -2.11. The van der Waals surface area contributed by atoms with Crippen LogP contribution in [0.3, 0.4) is 0 Å². The first-order valence-electron chi connectivity index (χ1n) is 8.71. The number of halogens is 1. The fourth-order valence-corrected chi connectivity index (χ4v) is 3.10. The van der Waals surface area contributed by atoms with Gasteiger partial charge in [-0.1, -0.05) is 55.6 Å². The van der Waals surface area contributed by atoms with Gasteiger partial charge in [-0.3, -0.25) is 4.79 Å². The number of carbonyl (C=O) groups excluding carboxylic acids is 1. The van der Waals surface area contributed by atoms with Crippen molar-refractivity contribution in [3.8, 4) is 11.1 Å². The van der Waals surface area contributed by atoms with Crippen molar-refractivity contribution < 1.29 is 9.21 Å². The Hall–Kier alpha value is -2.59. The molecule has 0 radical (unpaired) electrons. The van der Waals surface area contributed by atoms with Crippen LogP contribution in [0, 0.1) is 0 Å². The second-order valence-corrected chi connectivity index (χ2v) is 6.59. The number of amides is 1. The van der Waals surface area contributed by atoms with Crippen molar-refractivity contribution in [1.29, 1.82) is 0 Å². The number of anilines is 1. The number of para-hydroxylation sites is 1. The van der Waals surface area contributed by atoms with Crippen molar-refractivity contribution in [2.45, 2.75) is 32.6 Å². The van der Waals surface area contributed by atoms with Gasteiger partial charge in [-0.05, 0) is 30.7 Å². The Balaban J connectivity index is 1.85. The zero-order valence-electron chi connectivity index (χ0n) is 14.5. The first-order chi connectivity index (χ1) is 12.6. The van der Waals surface area contributed by atoms with Crippen molar-refractivity contribution in [2.24, 2.45) is 0 Å². The summed E-state index contributed by atoms with van der Waals surface area (Å²) in [5, 5.41) is 4.05. The highest BCUT2D eigenvalue weighted by atomic mass is 35.5. The van der Waals surface area contributed by atoms with Crippen LogP contribution in [0.4, 0.5) is 5.69 Å². The maximum absolute atomic E-state index is 12.3. The van der Waals surface area contributed by atoms with Crippen molar-refractivity contribution >= 4 is 34.2 Å². The summed E-state index contributed by atoms with van der Waals surface area (Å²) in [6, 6.07) is 14.2. The van der Waals surface area contributed by atoms with Crippen LogP contribution in [0.15, 0.2) is 57.7 Å². The van der Waals surface area contributed by atoms with E-state index in [1.807, 2.05) is 18.2 Å². The molecule has 2 aromatic carbocycles. The number of nitrogens with one attached hydrogen (secondary N) is 1. The van der Waals surface area contributed by atoms with E-state index < -0.39 is 5.63 Å². The molecule has 1 aromatic heterocycles. The second kappa shape index (κ2) is 8.19. The first-order valence-corrected chi connectivity index (χ1v) is 9.09. The van der Waals surface area contributed by atoms with E-state index in [1.165, 1.54) is 0 Å². The molecule has 4 nitrogen and oxygen atoms in total. The average Bonchev–Trinajstić information content (AvgIpc) is 2.62. The van der Waals surface area contributed by atoms with Gasteiger partial charge in [0.15, 0.2) is 0 Å². The highest BCUT2D eigenvalue weighted by Crippen LogP contribution is 2.30. The van der Waals surface area contributed by atoms with E-state index in [-0.39, 0.29) is 5.91 Å². The maximum Gasteiger partial charge on any atom is 0.344 e. The summed E-state index contributed by atoms with van der Waals surface area (Å²) in [5.41, 5.74) is 1.69. The number of fused-ring (bicyclic) bond motifs is 1. The fraction of sp³-hybridized carbons (Fsp3) is 0.238. The Kier molecular flexibility index (Phi) is 5.74. The third-order valence-corrected chi connectivity index (χ3v) is 4.50. The molecule has 0 aliphatic carbocycles. The number of rotatable bonds is 6. The van der Waals surface area contributed by atoms with Gasteiger partial charge in [-0.15, -0.1) is 0 Å². The van der Waals surface area contributed by atoms with Crippen LogP contribution in [0.5, 0.6) is 0 Å². The van der Waals surface area contributed by atoms with Crippen molar-refractivity contribution in [1.82, 2.24) is 0 Å². The van der Waals surface area contributed by atoms with E-state index in [0.717, 1.165) is 24.6 Å². The lowest BCUT2D eigenvalue weighted by Gasteiger charge is -2.09. The Bertz CT molecular complexity index is 994. The van der Waals surface area contributed by atoms with Crippen LogP contribution in [-0.2, 0) is 4.79 Å². The van der Waals surface area contributed by atoms with Crippen LogP contribution in [0.25, 0.3) is 22.1 Å². The topological polar surface area (TPSA) is 59.3 Å². The lowest BCUT2D eigenvalue weighted by atomic mass is 10.1. The molecule has 0 atom stereocenters. The molecule has 0 unspecified atom stereocenters. The molecule has 0 saturated heterocycles. The number of carbonyl (C=O) groups is 1. The monoisotopic (exact) mass is 369 g/mol. The molecule has 0 saturated carbocycles. The van der Waals surface area contributed by atoms with Gasteiger partial charge in [-0.2, -0.15) is 0 Å². The van der Waals surface area contributed by atoms with Crippen LogP contribution >= 0.6 is 11.6 Å². The molecular formula is C21H20ClNO3. The minimum atomic E-state index is -0.443. The fourth-order valence-electron chi connectivity index (χ4n) is 2.82. The molecule has 1 heterocycles. The van der Waals surface area contributed by atoms with Crippen molar-refractivity contribution in [2.75, 3.05) is 5.32 Å². The summed E-state index contributed by atoms with van der Waals surface area (Å²) in [7, 11) is 0. The SMILES string of the molecule is CCCCCC(=O)Nc1ccc(-c2cc3ccccc3oc2=O)c(Cl)c1. The molecule has 3 rings (SSSR count). The third-order valence-electron chi connectivity index (χ3n) is 4.19. The molecule has 5 heteroatoms. The second-order valence-electron chi connectivity index (χ2n) is 6.19. The quantitative estimate of drug-likeness (QED) is 0.452. The highest BCUT2D eigenvalue weighted by molar-refractivity contribution is 6.33. The smallest absolute Gasteiger partial charge is 0.344 e. The van der Waals surface area contributed by atoms with E-state index in [2.05, 4.69) is 12.2 Å². The summed E-state index contributed by atoms with van der Waals surface area (Å²) in [5.74, 6) is -0.0347. The van der Waals surface area contributed by atoms with E-state index in [0.29, 0.717) is 33.8 Å². The van der Waals surface area contributed by atoms with Gasteiger partial charge in [-0.25, -0.2) is 4.79 Å². The Morgan fingerprint density at radius 3 is 2.65 bits per heavy atom. The Labute approximate surface area is 156 Å². The molecule has 26 heavy (non-hydrogen) atoms. The predicted molar refractivity (Wildman–Crippen MR) is 106 cm³/mol.